The van der Waals surface area contributed by atoms with Crippen molar-refractivity contribution in [3.05, 3.63) is 0 Å². The smallest absolute Gasteiger partial charge is 0.305 e. The second-order valence-corrected chi connectivity index (χ2v) is 7.01. The zero-order chi connectivity index (χ0) is 16.0. The first-order valence-corrected chi connectivity index (χ1v) is 9.67. The highest BCUT2D eigenvalue weighted by molar-refractivity contribution is 7.85. The average molecular weight is 322 g/mol. The Balaban J connectivity index is 3.27. The molecule has 0 aliphatic heterocycles. The molecule has 0 aromatic carbocycles. The van der Waals surface area contributed by atoms with Gasteiger partial charge < -0.3 is 4.74 Å². The quantitative estimate of drug-likeness (QED) is 0.299. The Hall–Kier alpha value is -0.620. The summed E-state index contributed by atoms with van der Waals surface area (Å²) < 4.78 is 34.3. The summed E-state index contributed by atoms with van der Waals surface area (Å²) in [4.78, 5) is 11.3. The molecule has 0 saturated carbocycles. The van der Waals surface area contributed by atoms with Crippen LogP contribution in [0.15, 0.2) is 0 Å². The summed E-state index contributed by atoms with van der Waals surface area (Å²) in [7, 11) is -3.95. The predicted molar refractivity (Wildman–Crippen MR) is 83.8 cm³/mol. The molecule has 0 atom stereocenters. The number of carbonyl (C=O) groups is 1. The Labute approximate surface area is 129 Å². The third kappa shape index (κ3) is 17.3. The van der Waals surface area contributed by atoms with E-state index in [1.165, 1.54) is 38.5 Å². The minimum absolute atomic E-state index is 0.0516. The van der Waals surface area contributed by atoms with Gasteiger partial charge in [-0.05, 0) is 12.8 Å². The Kier molecular flexibility index (Phi) is 12.7. The number of hydrogen-bond acceptors (Lipinski definition) is 4. The van der Waals surface area contributed by atoms with Crippen LogP contribution in [0.1, 0.15) is 77.6 Å². The van der Waals surface area contributed by atoms with Crippen LogP contribution in [-0.4, -0.2) is 31.3 Å². The molecule has 5 nitrogen and oxygen atoms in total. The summed E-state index contributed by atoms with van der Waals surface area (Å²) in [6.45, 7) is 2.26. The van der Waals surface area contributed by atoms with E-state index in [1.54, 1.807) is 0 Å². The first-order valence-electron chi connectivity index (χ1n) is 8.06. The highest BCUT2D eigenvalue weighted by atomic mass is 32.2. The van der Waals surface area contributed by atoms with Crippen molar-refractivity contribution in [1.29, 1.82) is 0 Å². The predicted octanol–water partition coefficient (Wildman–Crippen LogP) is 3.73. The van der Waals surface area contributed by atoms with Crippen molar-refractivity contribution >= 4 is 16.1 Å². The van der Waals surface area contributed by atoms with Crippen molar-refractivity contribution in [2.45, 2.75) is 77.6 Å². The van der Waals surface area contributed by atoms with Crippen molar-refractivity contribution in [1.82, 2.24) is 0 Å². The lowest BCUT2D eigenvalue weighted by Crippen LogP contribution is -2.10. The van der Waals surface area contributed by atoms with Crippen molar-refractivity contribution < 1.29 is 22.5 Å². The van der Waals surface area contributed by atoms with Gasteiger partial charge in [0, 0.05) is 6.42 Å². The zero-order valence-corrected chi connectivity index (χ0v) is 14.0. The van der Waals surface area contributed by atoms with Crippen LogP contribution in [0.5, 0.6) is 0 Å². The molecule has 21 heavy (non-hydrogen) atoms. The van der Waals surface area contributed by atoms with E-state index in [4.69, 9.17) is 9.29 Å². The fourth-order valence-corrected chi connectivity index (χ4v) is 2.56. The first kappa shape index (κ1) is 20.4. The molecule has 0 radical (unpaired) electrons. The fraction of sp³-hybridized carbons (Fsp3) is 0.933. The third-order valence-electron chi connectivity index (χ3n) is 3.29. The lowest BCUT2D eigenvalue weighted by atomic mass is 10.1. The van der Waals surface area contributed by atoms with Crippen LogP contribution < -0.4 is 0 Å². The SMILES string of the molecule is CCCCCCCCCCCC(=O)OCCCS(=O)(=O)O. The molecule has 0 spiro atoms. The minimum Gasteiger partial charge on any atom is -0.466 e. The molecule has 0 amide bonds. The molecule has 0 bridgehead atoms. The number of esters is 1. The molecule has 1 N–H and O–H groups in total. The van der Waals surface area contributed by atoms with Crippen molar-refractivity contribution in [3.8, 4) is 0 Å². The van der Waals surface area contributed by atoms with Gasteiger partial charge in [0.2, 0.25) is 0 Å². The van der Waals surface area contributed by atoms with E-state index >= 15 is 0 Å². The van der Waals surface area contributed by atoms with E-state index in [2.05, 4.69) is 6.92 Å². The highest BCUT2D eigenvalue weighted by Crippen LogP contribution is 2.10. The first-order chi connectivity index (χ1) is 9.95. The summed E-state index contributed by atoms with van der Waals surface area (Å²) in [5.74, 6) is -0.647. The van der Waals surface area contributed by atoms with Crippen LogP contribution in [0, 0.1) is 0 Å². The van der Waals surface area contributed by atoms with E-state index in [-0.39, 0.29) is 24.7 Å². The molecule has 0 fully saturated rings. The van der Waals surface area contributed by atoms with Gasteiger partial charge in [0.15, 0.2) is 0 Å². The van der Waals surface area contributed by atoms with Gasteiger partial charge in [-0.25, -0.2) is 0 Å². The van der Waals surface area contributed by atoms with Gasteiger partial charge in [0.05, 0.1) is 12.4 Å². The number of unbranched alkanes of at least 4 members (excludes halogenated alkanes) is 8. The second-order valence-electron chi connectivity index (χ2n) is 5.44. The minimum atomic E-state index is -3.95. The molecular weight excluding hydrogens is 292 g/mol. The van der Waals surface area contributed by atoms with Crippen molar-refractivity contribution in [2.24, 2.45) is 0 Å². The Bertz CT molecular complexity index is 351. The van der Waals surface area contributed by atoms with Crippen molar-refractivity contribution in [2.75, 3.05) is 12.4 Å². The summed E-state index contributed by atoms with van der Waals surface area (Å²) in [6.07, 6.45) is 11.3. The normalized spacial score (nSPS) is 11.5. The lowest BCUT2D eigenvalue weighted by molar-refractivity contribution is -0.143. The molecule has 0 aromatic rings. The van der Waals surface area contributed by atoms with Gasteiger partial charge in [0.1, 0.15) is 0 Å². The van der Waals surface area contributed by atoms with Gasteiger partial charge in [-0.2, -0.15) is 8.42 Å². The van der Waals surface area contributed by atoms with Crippen LogP contribution in [0.2, 0.25) is 0 Å². The van der Waals surface area contributed by atoms with Gasteiger partial charge >= 0.3 is 5.97 Å². The van der Waals surface area contributed by atoms with Gasteiger partial charge in [-0.15, -0.1) is 0 Å². The van der Waals surface area contributed by atoms with E-state index < -0.39 is 10.1 Å². The Morgan fingerprint density at radius 3 is 1.95 bits per heavy atom. The van der Waals surface area contributed by atoms with Crippen molar-refractivity contribution in [3.63, 3.8) is 0 Å². The molecule has 0 rings (SSSR count). The van der Waals surface area contributed by atoms with Gasteiger partial charge in [-0.3, -0.25) is 9.35 Å². The van der Waals surface area contributed by atoms with E-state index in [0.29, 0.717) is 6.42 Å². The summed E-state index contributed by atoms with van der Waals surface area (Å²) >= 11 is 0. The zero-order valence-electron chi connectivity index (χ0n) is 13.2. The molecule has 0 unspecified atom stereocenters. The summed E-state index contributed by atoms with van der Waals surface area (Å²) in [5.41, 5.74) is 0. The van der Waals surface area contributed by atoms with E-state index in [0.717, 1.165) is 19.3 Å². The van der Waals surface area contributed by atoms with Crippen LogP contribution in [0.3, 0.4) is 0 Å². The molecule has 6 heteroatoms. The van der Waals surface area contributed by atoms with Crippen LogP contribution in [-0.2, 0) is 19.6 Å². The Morgan fingerprint density at radius 1 is 0.905 bits per heavy atom. The number of carbonyl (C=O) groups excluding carboxylic acids is 1. The van der Waals surface area contributed by atoms with Gasteiger partial charge in [0.25, 0.3) is 10.1 Å². The van der Waals surface area contributed by atoms with Crippen LogP contribution in [0.4, 0.5) is 0 Å². The maximum absolute atomic E-state index is 11.3. The Morgan fingerprint density at radius 2 is 1.43 bits per heavy atom. The highest BCUT2D eigenvalue weighted by Gasteiger charge is 2.06. The lowest BCUT2D eigenvalue weighted by Gasteiger charge is -2.04. The summed E-state index contributed by atoms with van der Waals surface area (Å²) in [6, 6.07) is 0. The maximum atomic E-state index is 11.3. The van der Waals surface area contributed by atoms with Crippen LogP contribution in [0.25, 0.3) is 0 Å². The third-order valence-corrected chi connectivity index (χ3v) is 4.10. The molecule has 0 saturated heterocycles. The molecule has 126 valence electrons. The molecule has 0 aromatic heterocycles. The summed E-state index contributed by atoms with van der Waals surface area (Å²) in [5, 5.41) is 0. The topological polar surface area (TPSA) is 80.7 Å². The monoisotopic (exact) mass is 322 g/mol. The maximum Gasteiger partial charge on any atom is 0.305 e. The average Bonchev–Trinajstić information content (AvgIpc) is 2.41. The van der Waals surface area contributed by atoms with Crippen LogP contribution >= 0.6 is 0 Å². The van der Waals surface area contributed by atoms with E-state index in [9.17, 15) is 13.2 Å². The molecular formula is C15H30O5S. The van der Waals surface area contributed by atoms with Gasteiger partial charge in [-0.1, -0.05) is 58.3 Å². The molecule has 0 aliphatic rings. The second kappa shape index (κ2) is 13.1. The van der Waals surface area contributed by atoms with E-state index in [1.807, 2.05) is 0 Å². The number of hydrogen-bond donors (Lipinski definition) is 1. The standard InChI is InChI=1S/C15H30O5S/c1-2-3-4-5-6-7-8-9-10-12-15(16)20-13-11-14-21(17,18)19/h2-14H2,1H3,(H,17,18,19). The number of rotatable bonds is 14. The number of ether oxygens (including phenoxy) is 1. The largest absolute Gasteiger partial charge is 0.466 e. The fourth-order valence-electron chi connectivity index (χ4n) is 2.08. The molecule has 0 heterocycles. The molecule has 0 aliphatic carbocycles.